The maximum absolute atomic E-state index is 11.5. The van der Waals surface area contributed by atoms with Crippen molar-refractivity contribution in [2.24, 2.45) is 0 Å². The van der Waals surface area contributed by atoms with E-state index < -0.39 is 12.5 Å². The lowest BCUT2D eigenvalue weighted by atomic mass is 10.4. The van der Waals surface area contributed by atoms with Crippen molar-refractivity contribution in [1.29, 1.82) is 0 Å². The predicted octanol–water partition coefficient (Wildman–Crippen LogP) is 1.74. The maximum Gasteiger partial charge on any atom is 0.576 e. The summed E-state index contributed by atoms with van der Waals surface area (Å²) in [7, 11) is 0. The Morgan fingerprint density at radius 3 is 2.17 bits per heavy atom. The Kier molecular flexibility index (Phi) is 2.44. The lowest BCUT2D eigenvalue weighted by molar-refractivity contribution is -0.294. The van der Waals surface area contributed by atoms with Crippen LogP contribution in [0.2, 0.25) is 0 Å². The molecule has 1 heterocycles. The first-order valence-corrected chi connectivity index (χ1v) is 3.54. The molecule has 3 nitrogen and oxygen atoms in total. The van der Waals surface area contributed by atoms with Gasteiger partial charge in [-0.05, 0) is 12.8 Å². The molecule has 1 aliphatic heterocycles. The van der Waals surface area contributed by atoms with Crippen molar-refractivity contribution in [3.63, 3.8) is 0 Å². The lowest BCUT2D eigenvalue weighted by Gasteiger charge is -2.15. The maximum atomic E-state index is 11.5. The van der Waals surface area contributed by atoms with Gasteiger partial charge in [-0.15, -0.1) is 13.2 Å². The number of carbonyl (C=O) groups excluding carboxylic acids is 1. The lowest BCUT2D eigenvalue weighted by Crippen LogP contribution is -2.32. The highest BCUT2D eigenvalue weighted by Gasteiger charge is 2.36. The number of ether oxygens (including phenoxy) is 1. The molecule has 0 unspecified atom stereocenters. The molecule has 0 saturated carbocycles. The van der Waals surface area contributed by atoms with Crippen LogP contribution in [0, 0.1) is 0 Å². The van der Waals surface area contributed by atoms with Crippen LogP contribution in [-0.2, 0) is 4.74 Å². The molecule has 0 aromatic heterocycles. The van der Waals surface area contributed by atoms with Gasteiger partial charge in [0.05, 0.1) is 0 Å². The molecule has 1 rings (SSSR count). The molecule has 1 saturated heterocycles. The summed E-state index contributed by atoms with van der Waals surface area (Å²) < 4.78 is 37.7. The minimum absolute atomic E-state index is 0.356. The Labute approximate surface area is 67.1 Å². The minimum Gasteiger partial charge on any atom is -0.356 e. The zero-order valence-corrected chi connectivity index (χ0v) is 6.23. The van der Waals surface area contributed by atoms with Crippen LogP contribution in [0.3, 0.4) is 0 Å². The Bertz CT molecular complexity index is 174. The van der Waals surface area contributed by atoms with E-state index in [-0.39, 0.29) is 0 Å². The van der Waals surface area contributed by atoms with Gasteiger partial charge < -0.3 is 9.64 Å². The van der Waals surface area contributed by atoms with Crippen LogP contribution in [0.25, 0.3) is 0 Å². The van der Waals surface area contributed by atoms with Gasteiger partial charge >= 0.3 is 12.5 Å². The van der Waals surface area contributed by atoms with E-state index in [1.54, 1.807) is 0 Å². The van der Waals surface area contributed by atoms with E-state index in [1.165, 1.54) is 0 Å². The first-order valence-electron chi connectivity index (χ1n) is 3.54. The molecule has 12 heavy (non-hydrogen) atoms. The zero-order chi connectivity index (χ0) is 9.19. The molecule has 0 aliphatic carbocycles. The molecule has 0 radical (unpaired) electrons. The summed E-state index contributed by atoms with van der Waals surface area (Å²) in [6.07, 6.45) is -4.67. The Morgan fingerprint density at radius 2 is 1.75 bits per heavy atom. The van der Waals surface area contributed by atoms with Crippen LogP contribution in [-0.4, -0.2) is 30.4 Å². The zero-order valence-electron chi connectivity index (χ0n) is 6.23. The Morgan fingerprint density at radius 1 is 1.25 bits per heavy atom. The van der Waals surface area contributed by atoms with Crippen LogP contribution in [0.1, 0.15) is 12.8 Å². The molecule has 1 fully saturated rings. The second kappa shape index (κ2) is 3.20. The van der Waals surface area contributed by atoms with Crippen molar-refractivity contribution in [2.75, 3.05) is 13.1 Å². The molecule has 0 bridgehead atoms. The van der Waals surface area contributed by atoms with Gasteiger partial charge in [0, 0.05) is 13.1 Å². The third-order valence-electron chi connectivity index (χ3n) is 1.57. The van der Waals surface area contributed by atoms with Crippen molar-refractivity contribution >= 4 is 6.09 Å². The Hall–Kier alpha value is -0.940. The summed E-state index contributed by atoms with van der Waals surface area (Å²) in [5, 5.41) is 0. The molecule has 0 spiro atoms. The van der Waals surface area contributed by atoms with Crippen LogP contribution in [0.5, 0.6) is 0 Å². The molecule has 0 atom stereocenters. The fourth-order valence-corrected chi connectivity index (χ4v) is 1.06. The van der Waals surface area contributed by atoms with Crippen LogP contribution >= 0.6 is 0 Å². The average Bonchev–Trinajstić information content (AvgIpc) is 2.32. The predicted molar refractivity (Wildman–Crippen MR) is 33.3 cm³/mol. The fraction of sp³-hybridized carbons (Fsp3) is 0.833. The second-order valence-electron chi connectivity index (χ2n) is 2.51. The summed E-state index contributed by atoms with van der Waals surface area (Å²) in [6.45, 7) is 0.712. The van der Waals surface area contributed by atoms with Crippen LogP contribution in [0.4, 0.5) is 18.0 Å². The number of rotatable bonds is 0. The van der Waals surface area contributed by atoms with E-state index in [0.717, 1.165) is 17.7 Å². The number of hydrogen-bond acceptors (Lipinski definition) is 2. The highest BCUT2D eigenvalue weighted by Crippen LogP contribution is 2.19. The smallest absolute Gasteiger partial charge is 0.356 e. The minimum atomic E-state index is -4.86. The molecule has 0 aromatic carbocycles. The highest BCUT2D eigenvalue weighted by atomic mass is 19.4. The number of likely N-dealkylation sites (tertiary alicyclic amines) is 1. The summed E-state index contributed by atoms with van der Waals surface area (Å²) in [4.78, 5) is 11.7. The SMILES string of the molecule is O=C(OC(F)(F)F)N1CCCC1. The van der Waals surface area contributed by atoms with Gasteiger partial charge in [-0.25, -0.2) is 4.79 Å². The van der Waals surface area contributed by atoms with E-state index in [2.05, 4.69) is 4.74 Å². The number of carbonyl (C=O) groups is 1. The van der Waals surface area contributed by atoms with Crippen LogP contribution < -0.4 is 0 Å². The average molecular weight is 183 g/mol. The molecule has 1 aliphatic rings. The summed E-state index contributed by atoms with van der Waals surface area (Å²) in [6, 6.07) is 0. The largest absolute Gasteiger partial charge is 0.576 e. The van der Waals surface area contributed by atoms with E-state index in [9.17, 15) is 18.0 Å². The molecule has 0 aromatic rings. The number of hydrogen-bond donors (Lipinski definition) is 0. The van der Waals surface area contributed by atoms with Gasteiger partial charge in [-0.2, -0.15) is 0 Å². The summed E-state index contributed by atoms with van der Waals surface area (Å²) in [5.74, 6) is 0. The van der Waals surface area contributed by atoms with E-state index >= 15 is 0 Å². The third-order valence-corrected chi connectivity index (χ3v) is 1.57. The fourth-order valence-electron chi connectivity index (χ4n) is 1.06. The number of nitrogens with zero attached hydrogens (tertiary/aromatic N) is 1. The normalized spacial score (nSPS) is 18.1. The second-order valence-corrected chi connectivity index (χ2v) is 2.51. The van der Waals surface area contributed by atoms with Gasteiger partial charge in [0.25, 0.3) is 0 Å². The van der Waals surface area contributed by atoms with Crippen molar-refractivity contribution in [3.8, 4) is 0 Å². The van der Waals surface area contributed by atoms with Gasteiger partial charge in [-0.3, -0.25) is 0 Å². The Balaban J connectivity index is 2.37. The molecule has 6 heteroatoms. The van der Waals surface area contributed by atoms with Crippen LogP contribution in [0.15, 0.2) is 0 Å². The third kappa shape index (κ3) is 2.60. The monoisotopic (exact) mass is 183 g/mol. The number of amides is 1. The standard InChI is InChI=1S/C6H8F3NO2/c7-6(8,9)12-5(11)10-3-1-2-4-10/h1-4H2. The van der Waals surface area contributed by atoms with Gasteiger partial charge in [0.15, 0.2) is 0 Å². The van der Waals surface area contributed by atoms with Crippen molar-refractivity contribution in [2.45, 2.75) is 19.2 Å². The van der Waals surface area contributed by atoms with Gasteiger partial charge in [-0.1, -0.05) is 0 Å². The summed E-state index contributed by atoms with van der Waals surface area (Å²) in [5.41, 5.74) is 0. The quantitative estimate of drug-likeness (QED) is 0.572. The first kappa shape index (κ1) is 9.15. The topological polar surface area (TPSA) is 29.5 Å². The number of alkyl halides is 3. The summed E-state index contributed by atoms with van der Waals surface area (Å²) >= 11 is 0. The first-order chi connectivity index (χ1) is 5.49. The van der Waals surface area contributed by atoms with E-state index in [0.29, 0.717) is 13.1 Å². The molecule has 1 amide bonds. The van der Waals surface area contributed by atoms with E-state index in [1.807, 2.05) is 0 Å². The van der Waals surface area contributed by atoms with Gasteiger partial charge in [0.2, 0.25) is 0 Å². The number of halogens is 3. The molecule has 0 N–H and O–H groups in total. The molecular formula is C6H8F3NO2. The van der Waals surface area contributed by atoms with Crippen molar-refractivity contribution < 1.29 is 22.7 Å². The van der Waals surface area contributed by atoms with Gasteiger partial charge in [0.1, 0.15) is 0 Å². The highest BCUT2D eigenvalue weighted by molar-refractivity contribution is 5.68. The van der Waals surface area contributed by atoms with Crippen molar-refractivity contribution in [1.82, 2.24) is 4.90 Å². The molecule has 70 valence electrons. The van der Waals surface area contributed by atoms with Crippen molar-refractivity contribution in [3.05, 3.63) is 0 Å². The molecular weight excluding hydrogens is 175 g/mol. The van der Waals surface area contributed by atoms with E-state index in [4.69, 9.17) is 0 Å².